The van der Waals surface area contributed by atoms with Gasteiger partial charge in [-0.25, -0.2) is 0 Å². The van der Waals surface area contributed by atoms with Crippen molar-refractivity contribution in [1.29, 1.82) is 0 Å². The van der Waals surface area contributed by atoms with E-state index in [-0.39, 0.29) is 29.9 Å². The fraction of sp³-hybridized carbons (Fsp3) is 0.412. The second kappa shape index (κ2) is 14.5. The van der Waals surface area contributed by atoms with Crippen LogP contribution < -0.4 is 10.1 Å². The normalized spacial score (nSPS) is 14.8. The van der Waals surface area contributed by atoms with E-state index in [0.29, 0.717) is 18.7 Å². The van der Waals surface area contributed by atoms with Gasteiger partial charge in [-0.3, -0.25) is 9.59 Å². The summed E-state index contributed by atoms with van der Waals surface area (Å²) in [6.45, 7) is 6.59. The van der Waals surface area contributed by atoms with Crippen LogP contribution >= 0.6 is 31.9 Å². The quantitative estimate of drug-likeness (QED) is 0.236. The van der Waals surface area contributed by atoms with Crippen molar-refractivity contribution in [3.8, 4) is 5.75 Å². The zero-order chi connectivity index (χ0) is 29.4. The lowest BCUT2D eigenvalue weighted by Gasteiger charge is -2.33. The van der Waals surface area contributed by atoms with Crippen LogP contribution in [0.3, 0.4) is 0 Å². The molecular formula is C34H40Br2N2O3. The number of halogens is 2. The minimum Gasteiger partial charge on any atom is -0.483 e. The van der Waals surface area contributed by atoms with E-state index in [1.807, 2.05) is 72.8 Å². The predicted molar refractivity (Wildman–Crippen MR) is 172 cm³/mol. The Labute approximate surface area is 261 Å². The summed E-state index contributed by atoms with van der Waals surface area (Å²) in [6.07, 6.45) is 5.81. The van der Waals surface area contributed by atoms with E-state index in [0.717, 1.165) is 45.8 Å². The highest BCUT2D eigenvalue weighted by Gasteiger charge is 2.32. The van der Waals surface area contributed by atoms with Crippen LogP contribution in [-0.2, 0) is 28.0 Å². The fourth-order valence-electron chi connectivity index (χ4n) is 5.24. The Kier molecular flexibility index (Phi) is 11.1. The molecule has 5 nitrogen and oxygen atoms in total. The number of nitrogens with one attached hydrogen (secondary N) is 1. The van der Waals surface area contributed by atoms with E-state index < -0.39 is 6.04 Å². The van der Waals surface area contributed by atoms with Crippen molar-refractivity contribution in [1.82, 2.24) is 10.2 Å². The zero-order valence-electron chi connectivity index (χ0n) is 24.2. The van der Waals surface area contributed by atoms with Gasteiger partial charge in [0.2, 0.25) is 5.91 Å². The number of ether oxygens (including phenoxy) is 1. The lowest BCUT2D eigenvalue weighted by Crippen LogP contribution is -2.53. The maximum Gasteiger partial charge on any atom is 0.261 e. The first kappa shape index (κ1) is 31.3. The SMILES string of the molecule is CC(C)(C)c1ccc(OCC(=O)N(Cc2cccc(Br)c2)C(Cc2ccccc2)C(=O)NC2CCCCC2)c(Br)c1. The van der Waals surface area contributed by atoms with E-state index in [2.05, 4.69) is 57.9 Å². The summed E-state index contributed by atoms with van der Waals surface area (Å²) < 4.78 is 7.78. The van der Waals surface area contributed by atoms with Gasteiger partial charge in [-0.15, -0.1) is 0 Å². The maximum atomic E-state index is 14.0. The molecule has 1 unspecified atom stereocenters. The average molecular weight is 685 g/mol. The van der Waals surface area contributed by atoms with E-state index in [4.69, 9.17) is 4.74 Å². The van der Waals surface area contributed by atoms with Crippen LogP contribution in [0.5, 0.6) is 5.75 Å². The molecule has 1 atom stereocenters. The van der Waals surface area contributed by atoms with Crippen molar-refractivity contribution in [2.45, 2.75) is 83.3 Å². The third-order valence-corrected chi connectivity index (χ3v) is 8.73. The van der Waals surface area contributed by atoms with Crippen molar-refractivity contribution in [3.63, 3.8) is 0 Å². The van der Waals surface area contributed by atoms with Crippen LogP contribution in [0.2, 0.25) is 0 Å². The number of carbonyl (C=O) groups excluding carboxylic acids is 2. The molecule has 0 heterocycles. The monoisotopic (exact) mass is 682 g/mol. The molecule has 3 aromatic carbocycles. The Morgan fingerprint density at radius 2 is 1.63 bits per heavy atom. The average Bonchev–Trinajstić information content (AvgIpc) is 2.94. The second-order valence-corrected chi connectivity index (χ2v) is 13.7. The van der Waals surface area contributed by atoms with Crippen LogP contribution in [0.15, 0.2) is 81.7 Å². The number of hydrogen-bond donors (Lipinski definition) is 1. The van der Waals surface area contributed by atoms with Crippen molar-refractivity contribution < 1.29 is 14.3 Å². The lowest BCUT2D eigenvalue weighted by atomic mass is 9.87. The molecule has 0 spiro atoms. The first-order chi connectivity index (χ1) is 19.6. The van der Waals surface area contributed by atoms with E-state index >= 15 is 0 Å². The van der Waals surface area contributed by atoms with Gasteiger partial charge in [-0.1, -0.05) is 104 Å². The van der Waals surface area contributed by atoms with Crippen molar-refractivity contribution in [2.75, 3.05) is 6.61 Å². The number of benzene rings is 3. The molecule has 1 aliphatic carbocycles. The molecule has 41 heavy (non-hydrogen) atoms. The van der Waals surface area contributed by atoms with Gasteiger partial charge >= 0.3 is 0 Å². The van der Waals surface area contributed by atoms with Gasteiger partial charge in [0, 0.05) is 23.5 Å². The molecule has 1 aliphatic rings. The minimum absolute atomic E-state index is 0.00597. The largest absolute Gasteiger partial charge is 0.483 e. The van der Waals surface area contributed by atoms with Crippen LogP contribution in [0.25, 0.3) is 0 Å². The molecule has 4 rings (SSSR count). The third-order valence-electron chi connectivity index (χ3n) is 7.61. The topological polar surface area (TPSA) is 58.6 Å². The molecule has 218 valence electrons. The first-order valence-electron chi connectivity index (χ1n) is 14.4. The zero-order valence-corrected chi connectivity index (χ0v) is 27.3. The number of carbonyl (C=O) groups is 2. The van der Waals surface area contributed by atoms with Gasteiger partial charge in [0.05, 0.1) is 4.47 Å². The van der Waals surface area contributed by atoms with Crippen LogP contribution in [0.1, 0.15) is 69.6 Å². The molecule has 0 aromatic heterocycles. The van der Waals surface area contributed by atoms with Gasteiger partial charge in [0.25, 0.3) is 5.91 Å². The Balaban J connectivity index is 1.61. The summed E-state index contributed by atoms with van der Waals surface area (Å²) >= 11 is 7.17. The molecule has 2 amide bonds. The predicted octanol–water partition coefficient (Wildman–Crippen LogP) is 7.98. The Bertz CT molecular complexity index is 1320. The van der Waals surface area contributed by atoms with Gasteiger partial charge in [-0.05, 0) is 75.1 Å². The minimum atomic E-state index is -0.680. The van der Waals surface area contributed by atoms with Gasteiger partial charge in [-0.2, -0.15) is 0 Å². The van der Waals surface area contributed by atoms with Crippen molar-refractivity contribution in [3.05, 3.63) is 98.4 Å². The van der Waals surface area contributed by atoms with Gasteiger partial charge in [0.15, 0.2) is 6.61 Å². The molecule has 1 N–H and O–H groups in total. The van der Waals surface area contributed by atoms with E-state index in [9.17, 15) is 9.59 Å². The van der Waals surface area contributed by atoms with Crippen LogP contribution in [0, 0.1) is 0 Å². The first-order valence-corrected chi connectivity index (χ1v) is 16.0. The number of rotatable bonds is 10. The van der Waals surface area contributed by atoms with Crippen molar-refractivity contribution >= 4 is 43.7 Å². The standard InChI is InChI=1S/C34H40Br2N2O3/c1-34(2,3)26-17-18-31(29(36)21-26)41-23-32(39)38(22-25-13-10-14-27(35)19-25)30(20-24-11-6-4-7-12-24)33(40)37-28-15-8-5-9-16-28/h4,6-7,10-14,17-19,21,28,30H,5,8-9,15-16,20,22-23H2,1-3H3,(H,37,40). The number of amides is 2. The molecular weight excluding hydrogens is 644 g/mol. The Morgan fingerprint density at radius 3 is 2.29 bits per heavy atom. The molecule has 3 aromatic rings. The molecule has 0 saturated heterocycles. The summed E-state index contributed by atoms with van der Waals surface area (Å²) in [5.74, 6) is 0.247. The molecule has 0 radical (unpaired) electrons. The summed E-state index contributed by atoms with van der Waals surface area (Å²) in [5, 5.41) is 3.28. The molecule has 0 bridgehead atoms. The van der Waals surface area contributed by atoms with E-state index in [1.165, 1.54) is 12.0 Å². The highest BCUT2D eigenvalue weighted by Crippen LogP contribution is 2.31. The number of hydrogen-bond acceptors (Lipinski definition) is 3. The molecule has 0 aliphatic heterocycles. The van der Waals surface area contributed by atoms with Gasteiger partial charge in [0.1, 0.15) is 11.8 Å². The molecule has 1 fully saturated rings. The third kappa shape index (κ3) is 9.17. The van der Waals surface area contributed by atoms with Crippen LogP contribution in [0.4, 0.5) is 0 Å². The van der Waals surface area contributed by atoms with Crippen LogP contribution in [-0.4, -0.2) is 35.4 Å². The Morgan fingerprint density at radius 1 is 0.927 bits per heavy atom. The summed E-state index contributed by atoms with van der Waals surface area (Å²) in [4.78, 5) is 29.6. The highest BCUT2D eigenvalue weighted by atomic mass is 79.9. The lowest BCUT2D eigenvalue weighted by molar-refractivity contribution is -0.143. The second-order valence-electron chi connectivity index (χ2n) is 11.9. The summed E-state index contributed by atoms with van der Waals surface area (Å²) in [7, 11) is 0. The van der Waals surface area contributed by atoms with E-state index in [1.54, 1.807) is 4.90 Å². The summed E-state index contributed by atoms with van der Waals surface area (Å²) in [5.41, 5.74) is 3.10. The highest BCUT2D eigenvalue weighted by molar-refractivity contribution is 9.10. The molecule has 1 saturated carbocycles. The Hall–Kier alpha value is -2.64. The smallest absolute Gasteiger partial charge is 0.261 e. The summed E-state index contributed by atoms with van der Waals surface area (Å²) in [6, 6.07) is 23.2. The fourth-order valence-corrected chi connectivity index (χ4v) is 6.18. The number of nitrogens with zero attached hydrogens (tertiary/aromatic N) is 1. The van der Waals surface area contributed by atoms with Gasteiger partial charge < -0.3 is 15.0 Å². The molecule has 7 heteroatoms. The maximum absolute atomic E-state index is 14.0. The van der Waals surface area contributed by atoms with Crippen molar-refractivity contribution in [2.24, 2.45) is 0 Å².